The molecular formula is C16H15BrN2O3. The molecular weight excluding hydrogens is 348 g/mol. The molecule has 2 rings (SSSR count). The molecule has 0 aliphatic carbocycles. The van der Waals surface area contributed by atoms with Gasteiger partial charge < -0.3 is 15.4 Å². The number of benzene rings is 2. The molecule has 0 saturated heterocycles. The lowest BCUT2D eigenvalue weighted by atomic mass is 10.2. The Bertz CT molecular complexity index is 689. The van der Waals surface area contributed by atoms with Crippen LogP contribution in [0.25, 0.3) is 0 Å². The fourth-order valence-corrected chi connectivity index (χ4v) is 2.31. The number of hydrogen-bond acceptors (Lipinski definition) is 3. The maximum absolute atomic E-state index is 12.2. The van der Waals surface area contributed by atoms with Crippen LogP contribution in [0.1, 0.15) is 10.4 Å². The fraction of sp³-hybridized carbons (Fsp3) is 0.125. The SMILES string of the molecule is COCC(=O)Nc1cccc(NC(=O)c2ccccc2Br)c1. The molecule has 0 fully saturated rings. The summed E-state index contributed by atoms with van der Waals surface area (Å²) in [5.41, 5.74) is 1.72. The fourth-order valence-electron chi connectivity index (χ4n) is 1.85. The summed E-state index contributed by atoms with van der Waals surface area (Å²) in [6, 6.07) is 14.1. The van der Waals surface area contributed by atoms with Crippen molar-refractivity contribution < 1.29 is 14.3 Å². The zero-order valence-electron chi connectivity index (χ0n) is 11.9. The molecule has 5 nitrogen and oxygen atoms in total. The van der Waals surface area contributed by atoms with Crippen LogP contribution in [0, 0.1) is 0 Å². The number of rotatable bonds is 5. The molecule has 0 spiro atoms. The summed E-state index contributed by atoms with van der Waals surface area (Å²) >= 11 is 3.34. The van der Waals surface area contributed by atoms with E-state index in [1.165, 1.54) is 7.11 Å². The molecule has 6 heteroatoms. The minimum atomic E-state index is -0.253. The molecule has 0 unspecified atom stereocenters. The molecule has 2 aromatic rings. The van der Waals surface area contributed by atoms with Gasteiger partial charge in [-0.1, -0.05) is 18.2 Å². The highest BCUT2D eigenvalue weighted by Gasteiger charge is 2.10. The van der Waals surface area contributed by atoms with Crippen LogP contribution in [0.2, 0.25) is 0 Å². The molecule has 2 aromatic carbocycles. The van der Waals surface area contributed by atoms with Crippen molar-refractivity contribution in [3.8, 4) is 0 Å². The van der Waals surface area contributed by atoms with Crippen LogP contribution in [0.4, 0.5) is 11.4 Å². The van der Waals surface area contributed by atoms with Crippen molar-refractivity contribution in [2.75, 3.05) is 24.4 Å². The minimum absolute atomic E-state index is 0.0203. The Balaban J connectivity index is 2.09. The van der Waals surface area contributed by atoms with Gasteiger partial charge in [0.15, 0.2) is 0 Å². The highest BCUT2D eigenvalue weighted by atomic mass is 79.9. The van der Waals surface area contributed by atoms with Crippen LogP contribution >= 0.6 is 15.9 Å². The molecule has 2 amide bonds. The highest BCUT2D eigenvalue weighted by molar-refractivity contribution is 9.10. The maximum Gasteiger partial charge on any atom is 0.256 e. The monoisotopic (exact) mass is 362 g/mol. The van der Waals surface area contributed by atoms with Gasteiger partial charge in [0.1, 0.15) is 6.61 Å². The Morgan fingerprint density at radius 2 is 1.73 bits per heavy atom. The zero-order chi connectivity index (χ0) is 15.9. The first-order valence-corrected chi connectivity index (χ1v) is 7.34. The first-order chi connectivity index (χ1) is 10.6. The van der Waals surface area contributed by atoms with Gasteiger partial charge in [0.25, 0.3) is 5.91 Å². The van der Waals surface area contributed by atoms with Crippen LogP contribution in [0.5, 0.6) is 0 Å². The van der Waals surface area contributed by atoms with Gasteiger partial charge in [-0.15, -0.1) is 0 Å². The van der Waals surface area contributed by atoms with Gasteiger partial charge in [-0.05, 0) is 46.3 Å². The van der Waals surface area contributed by atoms with Gasteiger partial charge in [-0.3, -0.25) is 9.59 Å². The molecule has 0 aliphatic heterocycles. The van der Waals surface area contributed by atoms with Gasteiger partial charge >= 0.3 is 0 Å². The van der Waals surface area contributed by atoms with Crippen molar-refractivity contribution in [1.82, 2.24) is 0 Å². The number of amides is 2. The van der Waals surface area contributed by atoms with Crippen molar-refractivity contribution >= 4 is 39.1 Å². The summed E-state index contributed by atoms with van der Waals surface area (Å²) in [4.78, 5) is 23.7. The van der Waals surface area contributed by atoms with E-state index >= 15 is 0 Å². The quantitative estimate of drug-likeness (QED) is 0.857. The number of anilines is 2. The molecule has 0 atom stereocenters. The zero-order valence-corrected chi connectivity index (χ0v) is 13.5. The normalized spacial score (nSPS) is 10.1. The Kier molecular flexibility index (Phi) is 5.68. The number of carbonyl (C=O) groups is 2. The molecule has 114 valence electrons. The Hall–Kier alpha value is -2.18. The largest absolute Gasteiger partial charge is 0.375 e. The third-order valence-corrected chi connectivity index (χ3v) is 3.49. The van der Waals surface area contributed by atoms with Crippen molar-refractivity contribution in [2.45, 2.75) is 0 Å². The molecule has 0 aliphatic rings. The van der Waals surface area contributed by atoms with Gasteiger partial charge in [0, 0.05) is 23.0 Å². The summed E-state index contributed by atoms with van der Waals surface area (Å²) in [6.45, 7) is -0.0203. The van der Waals surface area contributed by atoms with E-state index in [1.807, 2.05) is 6.07 Å². The maximum atomic E-state index is 12.2. The van der Waals surface area contributed by atoms with E-state index in [-0.39, 0.29) is 18.4 Å². The summed E-state index contributed by atoms with van der Waals surface area (Å²) in [5.74, 6) is -0.482. The van der Waals surface area contributed by atoms with E-state index in [4.69, 9.17) is 4.74 Å². The lowest BCUT2D eigenvalue weighted by molar-refractivity contribution is -0.119. The molecule has 0 radical (unpaired) electrons. The highest BCUT2D eigenvalue weighted by Crippen LogP contribution is 2.19. The second-order valence-corrected chi connectivity index (χ2v) is 5.35. The van der Waals surface area contributed by atoms with Gasteiger partial charge in [-0.25, -0.2) is 0 Å². The van der Waals surface area contributed by atoms with Crippen LogP contribution < -0.4 is 10.6 Å². The number of ether oxygens (including phenoxy) is 1. The first kappa shape index (κ1) is 16.2. The standard InChI is InChI=1S/C16H15BrN2O3/c1-22-10-15(20)18-11-5-4-6-12(9-11)19-16(21)13-7-2-3-8-14(13)17/h2-9H,10H2,1H3,(H,18,20)(H,19,21). The second kappa shape index (κ2) is 7.72. The number of carbonyl (C=O) groups excluding carboxylic acids is 2. The van der Waals surface area contributed by atoms with Crippen LogP contribution in [0.3, 0.4) is 0 Å². The Labute approximate surface area is 136 Å². The molecule has 22 heavy (non-hydrogen) atoms. The topological polar surface area (TPSA) is 67.4 Å². The first-order valence-electron chi connectivity index (χ1n) is 6.55. The number of hydrogen-bond donors (Lipinski definition) is 2. The van der Waals surface area contributed by atoms with E-state index in [9.17, 15) is 9.59 Å². The van der Waals surface area contributed by atoms with Crippen molar-refractivity contribution in [2.24, 2.45) is 0 Å². The van der Waals surface area contributed by atoms with Gasteiger partial charge in [0.2, 0.25) is 5.91 Å². The summed E-state index contributed by atoms with van der Waals surface area (Å²) in [5, 5.41) is 5.48. The van der Waals surface area contributed by atoms with E-state index in [0.717, 1.165) is 4.47 Å². The van der Waals surface area contributed by atoms with E-state index < -0.39 is 0 Å². The predicted octanol–water partition coefficient (Wildman–Crippen LogP) is 3.29. The average molecular weight is 363 g/mol. The molecule has 0 heterocycles. The minimum Gasteiger partial charge on any atom is -0.375 e. The summed E-state index contributed by atoms with van der Waals surface area (Å²) in [7, 11) is 1.45. The number of methoxy groups -OCH3 is 1. The van der Waals surface area contributed by atoms with E-state index in [2.05, 4.69) is 26.6 Å². The Morgan fingerprint density at radius 1 is 1.05 bits per heavy atom. The van der Waals surface area contributed by atoms with E-state index in [0.29, 0.717) is 16.9 Å². The van der Waals surface area contributed by atoms with Crippen molar-refractivity contribution in [3.05, 3.63) is 58.6 Å². The van der Waals surface area contributed by atoms with Crippen LogP contribution in [-0.2, 0) is 9.53 Å². The van der Waals surface area contributed by atoms with Crippen molar-refractivity contribution in [1.29, 1.82) is 0 Å². The third kappa shape index (κ3) is 4.41. The molecule has 2 N–H and O–H groups in total. The van der Waals surface area contributed by atoms with E-state index in [1.54, 1.807) is 42.5 Å². The molecule has 0 saturated carbocycles. The van der Waals surface area contributed by atoms with Gasteiger partial charge in [-0.2, -0.15) is 0 Å². The predicted molar refractivity (Wildman–Crippen MR) is 89.0 cm³/mol. The molecule has 0 aromatic heterocycles. The summed E-state index contributed by atoms with van der Waals surface area (Å²) < 4.78 is 5.47. The summed E-state index contributed by atoms with van der Waals surface area (Å²) in [6.07, 6.45) is 0. The second-order valence-electron chi connectivity index (χ2n) is 4.50. The smallest absolute Gasteiger partial charge is 0.256 e. The lowest BCUT2D eigenvalue weighted by Gasteiger charge is -2.09. The van der Waals surface area contributed by atoms with Crippen LogP contribution in [0.15, 0.2) is 53.0 Å². The third-order valence-electron chi connectivity index (χ3n) is 2.80. The average Bonchev–Trinajstić information content (AvgIpc) is 2.48. The number of nitrogens with one attached hydrogen (secondary N) is 2. The van der Waals surface area contributed by atoms with Crippen molar-refractivity contribution in [3.63, 3.8) is 0 Å². The van der Waals surface area contributed by atoms with Gasteiger partial charge in [0.05, 0.1) is 5.56 Å². The molecule has 0 bridgehead atoms. The van der Waals surface area contributed by atoms with Crippen LogP contribution in [-0.4, -0.2) is 25.5 Å². The Morgan fingerprint density at radius 3 is 2.41 bits per heavy atom. The lowest BCUT2D eigenvalue weighted by Crippen LogP contribution is -2.17. The number of halogens is 1.